The fourth-order valence-corrected chi connectivity index (χ4v) is 5.65. The average Bonchev–Trinajstić information content (AvgIpc) is 3.71. The Hall–Kier alpha value is -3.39. The molecular formula is C29H36N4O4. The first kappa shape index (κ1) is 25.3. The van der Waals surface area contributed by atoms with Crippen molar-refractivity contribution in [1.82, 2.24) is 15.1 Å². The van der Waals surface area contributed by atoms with E-state index >= 15 is 0 Å². The van der Waals surface area contributed by atoms with Crippen LogP contribution in [0.3, 0.4) is 0 Å². The Morgan fingerprint density at radius 1 is 1.08 bits per heavy atom. The zero-order valence-corrected chi connectivity index (χ0v) is 21.8. The summed E-state index contributed by atoms with van der Waals surface area (Å²) in [5, 5.41) is 14.5. The van der Waals surface area contributed by atoms with Crippen LogP contribution in [-0.2, 0) is 0 Å². The number of rotatable bonds is 6. The van der Waals surface area contributed by atoms with Gasteiger partial charge >= 0.3 is 0 Å². The van der Waals surface area contributed by atoms with Gasteiger partial charge in [0.25, 0.3) is 17.7 Å². The van der Waals surface area contributed by atoms with Crippen LogP contribution in [0.5, 0.6) is 0 Å². The third-order valence-electron chi connectivity index (χ3n) is 7.68. The van der Waals surface area contributed by atoms with Gasteiger partial charge in [0.05, 0.1) is 11.3 Å². The number of fused-ring (bicyclic) bond motifs is 1. The second-order valence-electron chi connectivity index (χ2n) is 11.0. The summed E-state index contributed by atoms with van der Waals surface area (Å²) in [5.41, 5.74) is 2.12. The maximum absolute atomic E-state index is 13.6. The molecule has 3 aliphatic rings. The molecule has 2 fully saturated rings. The van der Waals surface area contributed by atoms with Gasteiger partial charge in [0.2, 0.25) is 5.85 Å². The second-order valence-corrected chi connectivity index (χ2v) is 11.0. The van der Waals surface area contributed by atoms with Gasteiger partial charge in [-0.15, -0.1) is 0 Å². The van der Waals surface area contributed by atoms with Crippen molar-refractivity contribution in [2.75, 3.05) is 24.5 Å². The molecular weight excluding hydrogens is 468 g/mol. The lowest BCUT2D eigenvalue weighted by atomic mass is 9.98. The van der Waals surface area contributed by atoms with E-state index in [4.69, 9.17) is 0 Å². The number of nitrogens with one attached hydrogen (secondary N) is 1. The Kier molecular flexibility index (Phi) is 6.70. The van der Waals surface area contributed by atoms with Gasteiger partial charge in [-0.3, -0.25) is 19.3 Å². The van der Waals surface area contributed by atoms with E-state index in [1.807, 2.05) is 36.9 Å². The van der Waals surface area contributed by atoms with Crippen LogP contribution in [0, 0.1) is 5.92 Å². The smallest absolute Gasteiger partial charge is 0.259 e. The molecule has 1 saturated carbocycles. The SMILES string of the molecule is CC(C)N1c2ccc(C(=O)N3CCCC(NC(=O)c4ccccc4)C3)cc2C(=O)N(CC2CC2)C1(C)O. The fraction of sp³-hybridized carbons (Fsp3) is 0.483. The van der Waals surface area contributed by atoms with Crippen molar-refractivity contribution in [2.24, 2.45) is 5.92 Å². The van der Waals surface area contributed by atoms with Gasteiger partial charge < -0.3 is 20.2 Å². The molecule has 0 bridgehead atoms. The molecule has 2 unspecified atom stereocenters. The predicted molar refractivity (Wildman–Crippen MR) is 141 cm³/mol. The largest absolute Gasteiger partial charge is 0.354 e. The lowest BCUT2D eigenvalue weighted by Crippen LogP contribution is -2.66. The summed E-state index contributed by atoms with van der Waals surface area (Å²) in [6, 6.07) is 14.1. The van der Waals surface area contributed by atoms with E-state index in [1.54, 1.807) is 47.1 Å². The van der Waals surface area contributed by atoms with Crippen molar-refractivity contribution in [3.05, 3.63) is 65.2 Å². The number of aliphatic hydroxyl groups is 1. The van der Waals surface area contributed by atoms with Crippen LogP contribution >= 0.6 is 0 Å². The van der Waals surface area contributed by atoms with Crippen LogP contribution in [0.4, 0.5) is 5.69 Å². The standard InChI is InChI=1S/C29H36N4O4/c1-19(2)33-25-14-13-22(16-24(25)28(36)32(29(33,3)37)17-20-11-12-20)27(35)31-15-7-10-23(18-31)30-26(34)21-8-5-4-6-9-21/h4-6,8-9,13-14,16,19-20,23,37H,7,10-12,15,17-18H2,1-3H3,(H,30,34). The highest BCUT2D eigenvalue weighted by atomic mass is 16.3. The minimum absolute atomic E-state index is 0.0545. The summed E-state index contributed by atoms with van der Waals surface area (Å²) in [7, 11) is 0. The Morgan fingerprint density at radius 3 is 2.49 bits per heavy atom. The molecule has 2 atom stereocenters. The molecule has 8 nitrogen and oxygen atoms in total. The van der Waals surface area contributed by atoms with Crippen LogP contribution in [-0.4, -0.2) is 70.2 Å². The Bertz CT molecular complexity index is 1190. The number of hydrogen-bond acceptors (Lipinski definition) is 5. The Labute approximate surface area is 218 Å². The van der Waals surface area contributed by atoms with Crippen LogP contribution in [0.15, 0.2) is 48.5 Å². The van der Waals surface area contributed by atoms with Gasteiger partial charge in [-0.1, -0.05) is 18.2 Å². The van der Waals surface area contributed by atoms with Gasteiger partial charge in [-0.25, -0.2) is 0 Å². The zero-order chi connectivity index (χ0) is 26.3. The topological polar surface area (TPSA) is 93.2 Å². The molecule has 0 radical (unpaired) electrons. The molecule has 0 spiro atoms. The van der Waals surface area contributed by atoms with Crippen LogP contribution in [0.2, 0.25) is 0 Å². The highest BCUT2D eigenvalue weighted by Gasteiger charge is 2.48. The first-order valence-electron chi connectivity index (χ1n) is 13.3. The summed E-state index contributed by atoms with van der Waals surface area (Å²) in [5.74, 6) is -1.58. The second kappa shape index (κ2) is 9.82. The minimum atomic E-state index is -1.44. The van der Waals surface area contributed by atoms with Crippen molar-refractivity contribution in [1.29, 1.82) is 0 Å². The maximum atomic E-state index is 13.6. The molecule has 5 rings (SSSR count). The maximum Gasteiger partial charge on any atom is 0.259 e. The molecule has 196 valence electrons. The highest BCUT2D eigenvalue weighted by Crippen LogP contribution is 2.41. The third-order valence-corrected chi connectivity index (χ3v) is 7.68. The number of amides is 3. The van der Waals surface area contributed by atoms with Gasteiger partial charge in [-0.05, 0) is 75.8 Å². The molecule has 37 heavy (non-hydrogen) atoms. The van der Waals surface area contributed by atoms with E-state index in [1.165, 1.54) is 0 Å². The van der Waals surface area contributed by atoms with E-state index in [0.29, 0.717) is 47.9 Å². The van der Waals surface area contributed by atoms with E-state index in [9.17, 15) is 19.5 Å². The molecule has 2 aliphatic heterocycles. The van der Waals surface area contributed by atoms with Crippen LogP contribution in [0.25, 0.3) is 0 Å². The van der Waals surface area contributed by atoms with Crippen molar-refractivity contribution in [2.45, 2.75) is 64.4 Å². The molecule has 3 amide bonds. The Morgan fingerprint density at radius 2 is 1.81 bits per heavy atom. The van der Waals surface area contributed by atoms with E-state index < -0.39 is 5.85 Å². The molecule has 0 aromatic heterocycles. The zero-order valence-electron chi connectivity index (χ0n) is 21.8. The normalized spacial score (nSPS) is 23.8. The van der Waals surface area contributed by atoms with Gasteiger partial charge in [-0.2, -0.15) is 0 Å². The molecule has 1 aliphatic carbocycles. The first-order chi connectivity index (χ1) is 17.7. The monoisotopic (exact) mass is 504 g/mol. The van der Waals surface area contributed by atoms with E-state index in [2.05, 4.69) is 5.32 Å². The third kappa shape index (κ3) is 4.94. The first-order valence-corrected chi connectivity index (χ1v) is 13.3. The van der Waals surface area contributed by atoms with Crippen molar-refractivity contribution < 1.29 is 19.5 Å². The number of carbonyl (C=O) groups is 3. The number of piperidine rings is 1. The summed E-state index contributed by atoms with van der Waals surface area (Å²) in [6.07, 6.45) is 3.71. The van der Waals surface area contributed by atoms with Crippen LogP contribution < -0.4 is 10.2 Å². The van der Waals surface area contributed by atoms with Crippen molar-refractivity contribution in [3.8, 4) is 0 Å². The molecule has 1 saturated heterocycles. The van der Waals surface area contributed by atoms with Gasteiger partial charge in [0.1, 0.15) is 0 Å². The summed E-state index contributed by atoms with van der Waals surface area (Å²) in [4.78, 5) is 44.9. The quantitative estimate of drug-likeness (QED) is 0.629. The summed E-state index contributed by atoms with van der Waals surface area (Å²) < 4.78 is 0. The van der Waals surface area contributed by atoms with E-state index in [0.717, 1.165) is 25.7 Å². The number of nitrogens with zero attached hydrogens (tertiary/aromatic N) is 3. The molecule has 2 aromatic carbocycles. The molecule has 2 aromatic rings. The molecule has 2 heterocycles. The molecule has 8 heteroatoms. The Balaban J connectivity index is 1.36. The minimum Gasteiger partial charge on any atom is -0.354 e. The van der Waals surface area contributed by atoms with E-state index in [-0.39, 0.29) is 29.8 Å². The molecule has 2 N–H and O–H groups in total. The summed E-state index contributed by atoms with van der Waals surface area (Å²) in [6.45, 7) is 7.17. The highest BCUT2D eigenvalue weighted by molar-refractivity contribution is 6.05. The lowest BCUT2D eigenvalue weighted by molar-refractivity contribution is -0.0840. The van der Waals surface area contributed by atoms with Gasteiger partial charge in [0, 0.05) is 49.8 Å². The number of anilines is 1. The number of hydrogen-bond donors (Lipinski definition) is 2. The van der Waals surface area contributed by atoms with Gasteiger partial charge in [0.15, 0.2) is 0 Å². The number of likely N-dealkylation sites (tertiary alicyclic amines) is 1. The number of benzene rings is 2. The van der Waals surface area contributed by atoms with Crippen molar-refractivity contribution in [3.63, 3.8) is 0 Å². The fourth-order valence-electron chi connectivity index (χ4n) is 5.65. The number of carbonyl (C=O) groups excluding carboxylic acids is 3. The summed E-state index contributed by atoms with van der Waals surface area (Å²) >= 11 is 0. The van der Waals surface area contributed by atoms with Crippen molar-refractivity contribution >= 4 is 23.4 Å². The average molecular weight is 505 g/mol. The van der Waals surface area contributed by atoms with Crippen LogP contribution in [0.1, 0.15) is 77.5 Å². The lowest BCUT2D eigenvalue weighted by Gasteiger charge is -2.52. The predicted octanol–water partition coefficient (Wildman–Crippen LogP) is 3.47.